The molecule has 1 fully saturated rings. The van der Waals surface area contributed by atoms with Crippen LogP contribution in [0, 0.1) is 5.41 Å². The van der Waals surface area contributed by atoms with Gasteiger partial charge >= 0.3 is 0 Å². The highest BCUT2D eigenvalue weighted by Gasteiger charge is 2.33. The lowest BCUT2D eigenvalue weighted by Gasteiger charge is -2.41. The second kappa shape index (κ2) is 9.12. The average molecular weight is 410 g/mol. The van der Waals surface area contributed by atoms with Crippen LogP contribution in [0.3, 0.4) is 0 Å². The molecule has 0 atom stereocenters. The minimum Gasteiger partial charge on any atom is -0.396 e. The van der Waals surface area contributed by atoms with Crippen LogP contribution in [0.1, 0.15) is 30.5 Å². The first-order valence-electron chi connectivity index (χ1n) is 10.3. The van der Waals surface area contributed by atoms with Crippen LogP contribution in [0.15, 0.2) is 67.0 Å². The molecule has 152 valence electrons. The summed E-state index contributed by atoms with van der Waals surface area (Å²) in [4.78, 5) is 6.93. The molecule has 0 unspecified atom stereocenters. The summed E-state index contributed by atoms with van der Waals surface area (Å²) in [5.41, 5.74) is 2.63. The fourth-order valence-electron chi connectivity index (χ4n) is 4.24. The average Bonchev–Trinajstić information content (AvgIpc) is 3.23. The van der Waals surface area contributed by atoms with Gasteiger partial charge in [0.2, 0.25) is 0 Å². The maximum Gasteiger partial charge on any atom is 0.136 e. The molecule has 0 radical (unpaired) electrons. The third-order valence-electron chi connectivity index (χ3n) is 6.22. The van der Waals surface area contributed by atoms with Crippen LogP contribution in [0.25, 0.3) is 5.82 Å². The van der Waals surface area contributed by atoms with Gasteiger partial charge in [-0.25, -0.2) is 4.98 Å². The van der Waals surface area contributed by atoms with E-state index < -0.39 is 0 Å². The van der Waals surface area contributed by atoms with Gasteiger partial charge in [0.25, 0.3) is 0 Å². The van der Waals surface area contributed by atoms with Gasteiger partial charge in [-0.3, -0.25) is 4.90 Å². The van der Waals surface area contributed by atoms with E-state index in [4.69, 9.17) is 11.6 Å². The van der Waals surface area contributed by atoms with E-state index in [1.807, 2.05) is 18.3 Å². The normalized spacial score (nSPS) is 16.8. The van der Waals surface area contributed by atoms with Crippen molar-refractivity contribution in [1.82, 2.24) is 14.5 Å². The topological polar surface area (TPSA) is 41.3 Å². The summed E-state index contributed by atoms with van der Waals surface area (Å²) >= 11 is 5.97. The van der Waals surface area contributed by atoms with Crippen molar-refractivity contribution in [1.29, 1.82) is 0 Å². The number of aryl methyl sites for hydroxylation is 1. The van der Waals surface area contributed by atoms with Crippen LogP contribution in [-0.4, -0.2) is 39.3 Å². The van der Waals surface area contributed by atoms with E-state index in [1.165, 1.54) is 11.3 Å². The van der Waals surface area contributed by atoms with Gasteiger partial charge in [-0.1, -0.05) is 41.9 Å². The molecule has 0 bridgehead atoms. The fraction of sp³-hybridized carbons (Fsp3) is 0.375. The number of aliphatic hydroxyl groups is 1. The summed E-state index contributed by atoms with van der Waals surface area (Å²) in [6, 6.07) is 18.6. The maximum atomic E-state index is 10.1. The molecule has 1 aromatic carbocycles. The van der Waals surface area contributed by atoms with Gasteiger partial charge in [0.05, 0.1) is 5.02 Å². The number of aromatic nitrogens is 2. The predicted octanol–water partition coefficient (Wildman–Crippen LogP) is 4.73. The highest BCUT2D eigenvalue weighted by Crippen LogP contribution is 2.36. The number of hydrogen-bond donors (Lipinski definition) is 1. The molecular weight excluding hydrogens is 382 g/mol. The number of hydrogen-bond acceptors (Lipinski definition) is 3. The van der Waals surface area contributed by atoms with Crippen LogP contribution in [-0.2, 0) is 13.0 Å². The highest BCUT2D eigenvalue weighted by atomic mass is 35.5. The molecule has 3 heterocycles. The maximum absolute atomic E-state index is 10.1. The first-order valence-corrected chi connectivity index (χ1v) is 10.7. The van der Waals surface area contributed by atoms with E-state index in [0.29, 0.717) is 5.02 Å². The van der Waals surface area contributed by atoms with Crippen LogP contribution in [0.5, 0.6) is 0 Å². The summed E-state index contributed by atoms with van der Waals surface area (Å²) in [6.45, 7) is 3.18. The molecular formula is C24H28ClN3O. The van der Waals surface area contributed by atoms with Crippen molar-refractivity contribution in [3.63, 3.8) is 0 Å². The third kappa shape index (κ3) is 4.89. The Balaban J connectivity index is 1.36. The van der Waals surface area contributed by atoms with Crippen molar-refractivity contribution in [2.45, 2.75) is 32.2 Å². The Bertz CT molecular complexity index is 899. The van der Waals surface area contributed by atoms with E-state index in [2.05, 4.69) is 56.9 Å². The van der Waals surface area contributed by atoms with E-state index in [9.17, 15) is 5.11 Å². The van der Waals surface area contributed by atoms with Gasteiger partial charge in [0, 0.05) is 31.2 Å². The fourth-order valence-corrected chi connectivity index (χ4v) is 4.35. The number of rotatable bonds is 7. The molecule has 1 N–H and O–H groups in total. The van der Waals surface area contributed by atoms with Gasteiger partial charge in [-0.2, -0.15) is 0 Å². The monoisotopic (exact) mass is 409 g/mol. The second-order valence-electron chi connectivity index (χ2n) is 8.12. The van der Waals surface area contributed by atoms with E-state index >= 15 is 0 Å². The Kier molecular flexibility index (Phi) is 6.34. The second-order valence-corrected chi connectivity index (χ2v) is 8.56. The highest BCUT2D eigenvalue weighted by molar-refractivity contribution is 6.30. The summed E-state index contributed by atoms with van der Waals surface area (Å²) in [6.07, 6.45) is 7.89. The van der Waals surface area contributed by atoms with Crippen molar-refractivity contribution in [3.8, 4) is 5.82 Å². The first kappa shape index (κ1) is 20.1. The Morgan fingerprint density at radius 1 is 1.00 bits per heavy atom. The van der Waals surface area contributed by atoms with Gasteiger partial charge < -0.3 is 9.67 Å². The molecule has 1 aliphatic heterocycles. The molecule has 2 aromatic heterocycles. The molecule has 29 heavy (non-hydrogen) atoms. The van der Waals surface area contributed by atoms with Gasteiger partial charge in [0.1, 0.15) is 5.82 Å². The summed E-state index contributed by atoms with van der Waals surface area (Å²) in [5, 5.41) is 10.8. The Morgan fingerprint density at radius 2 is 1.79 bits per heavy atom. The zero-order valence-electron chi connectivity index (χ0n) is 16.7. The van der Waals surface area contributed by atoms with E-state index in [-0.39, 0.29) is 12.0 Å². The molecule has 0 saturated carbocycles. The van der Waals surface area contributed by atoms with Gasteiger partial charge in [-0.05, 0) is 74.0 Å². The number of nitrogens with zero attached hydrogens (tertiary/aromatic N) is 3. The smallest absolute Gasteiger partial charge is 0.136 e. The standard InChI is InChI=1S/C24H28ClN3O/c25-21-8-9-23(26-17-21)28-14-4-7-22(28)18-27-15-12-24(19-29,13-16-27)11-10-20-5-2-1-3-6-20/h1-9,14,17,29H,10-13,15-16,18-19H2. The first-order chi connectivity index (χ1) is 14.2. The van der Waals surface area contributed by atoms with Crippen molar-refractivity contribution >= 4 is 11.6 Å². The number of pyridine rings is 1. The molecule has 4 nitrogen and oxygen atoms in total. The van der Waals surface area contributed by atoms with E-state index in [1.54, 1.807) is 6.20 Å². The molecule has 0 amide bonds. The van der Waals surface area contributed by atoms with Crippen molar-refractivity contribution in [2.75, 3.05) is 19.7 Å². The van der Waals surface area contributed by atoms with Crippen LogP contribution in [0.2, 0.25) is 5.02 Å². The molecule has 1 aliphatic rings. The van der Waals surface area contributed by atoms with Crippen molar-refractivity contribution in [3.05, 3.63) is 83.3 Å². The van der Waals surface area contributed by atoms with Crippen LogP contribution in [0.4, 0.5) is 0 Å². The number of piperidine rings is 1. The van der Waals surface area contributed by atoms with Crippen molar-refractivity contribution < 1.29 is 5.11 Å². The van der Waals surface area contributed by atoms with E-state index in [0.717, 1.165) is 51.1 Å². The lowest BCUT2D eigenvalue weighted by atomic mass is 9.75. The van der Waals surface area contributed by atoms with Crippen LogP contribution >= 0.6 is 11.6 Å². The molecule has 3 aromatic rings. The lowest BCUT2D eigenvalue weighted by molar-refractivity contribution is 0.0341. The predicted molar refractivity (Wildman–Crippen MR) is 117 cm³/mol. The number of likely N-dealkylation sites (tertiary alicyclic amines) is 1. The Morgan fingerprint density at radius 3 is 2.48 bits per heavy atom. The number of aliphatic hydroxyl groups excluding tert-OH is 1. The minimum absolute atomic E-state index is 0.0477. The largest absolute Gasteiger partial charge is 0.396 e. The third-order valence-corrected chi connectivity index (χ3v) is 6.44. The van der Waals surface area contributed by atoms with Crippen molar-refractivity contribution in [2.24, 2.45) is 5.41 Å². The molecule has 5 heteroatoms. The number of halogens is 1. The quantitative estimate of drug-likeness (QED) is 0.613. The minimum atomic E-state index is 0.0477. The van der Waals surface area contributed by atoms with Gasteiger partial charge in [-0.15, -0.1) is 0 Å². The Hall–Kier alpha value is -2.14. The SMILES string of the molecule is OCC1(CCc2ccccc2)CCN(Cc2cccn2-c2ccc(Cl)cn2)CC1. The molecule has 0 aliphatic carbocycles. The van der Waals surface area contributed by atoms with Gasteiger partial charge in [0.15, 0.2) is 0 Å². The lowest BCUT2D eigenvalue weighted by Crippen LogP contribution is -2.42. The summed E-state index contributed by atoms with van der Waals surface area (Å²) in [7, 11) is 0. The molecule has 0 spiro atoms. The summed E-state index contributed by atoms with van der Waals surface area (Å²) < 4.78 is 2.12. The molecule has 4 rings (SSSR count). The summed E-state index contributed by atoms with van der Waals surface area (Å²) in [5.74, 6) is 0.888. The molecule has 1 saturated heterocycles. The zero-order valence-corrected chi connectivity index (χ0v) is 17.4. The number of benzene rings is 1. The van der Waals surface area contributed by atoms with Crippen LogP contribution < -0.4 is 0 Å². The Labute approximate surface area is 177 Å². The zero-order chi connectivity index (χ0) is 20.1.